The predicted octanol–water partition coefficient (Wildman–Crippen LogP) is 3.27. The molecule has 2 heterocycles. The highest BCUT2D eigenvalue weighted by Gasteiger charge is 2.41. The Labute approximate surface area is 174 Å². The van der Waals surface area contributed by atoms with Gasteiger partial charge in [-0.2, -0.15) is 0 Å². The lowest BCUT2D eigenvalue weighted by Crippen LogP contribution is -2.46. The quantitative estimate of drug-likeness (QED) is 0.769. The summed E-state index contributed by atoms with van der Waals surface area (Å²) in [5.41, 5.74) is 0.501. The molecule has 1 aromatic rings. The fourth-order valence-corrected chi connectivity index (χ4v) is 4.32. The highest BCUT2D eigenvalue weighted by Crippen LogP contribution is 2.29. The van der Waals surface area contributed by atoms with Gasteiger partial charge in [0.25, 0.3) is 0 Å². The first-order valence-corrected chi connectivity index (χ1v) is 10.6. The van der Waals surface area contributed by atoms with Crippen LogP contribution in [0.5, 0.6) is 0 Å². The predicted molar refractivity (Wildman–Crippen MR) is 112 cm³/mol. The SMILES string of the molecule is CC(C)(C)N1CC(C(=O)N2CCC(C(=O)Nc3ccccc3Br)CC2)CC1=O. The number of amides is 3. The van der Waals surface area contributed by atoms with Gasteiger partial charge in [-0.15, -0.1) is 0 Å². The normalized spacial score (nSPS) is 21.1. The molecule has 0 aromatic heterocycles. The van der Waals surface area contributed by atoms with Crippen LogP contribution in [0.25, 0.3) is 0 Å². The molecule has 1 atom stereocenters. The second kappa shape index (κ2) is 8.23. The largest absolute Gasteiger partial charge is 0.342 e. The molecule has 7 heteroatoms. The number of carbonyl (C=O) groups is 3. The number of para-hydroxylation sites is 1. The van der Waals surface area contributed by atoms with Gasteiger partial charge in [0.15, 0.2) is 0 Å². The van der Waals surface area contributed by atoms with E-state index in [4.69, 9.17) is 0 Å². The maximum absolute atomic E-state index is 12.9. The summed E-state index contributed by atoms with van der Waals surface area (Å²) < 4.78 is 0.852. The van der Waals surface area contributed by atoms with Crippen LogP contribution in [-0.2, 0) is 14.4 Å². The third-order valence-electron chi connectivity index (χ3n) is 5.59. The number of anilines is 1. The molecule has 2 aliphatic rings. The van der Waals surface area contributed by atoms with Gasteiger partial charge in [-0.05, 0) is 61.7 Å². The molecule has 0 saturated carbocycles. The number of likely N-dealkylation sites (tertiary alicyclic amines) is 2. The average Bonchev–Trinajstić information content (AvgIpc) is 3.05. The van der Waals surface area contributed by atoms with Gasteiger partial charge in [0.05, 0.1) is 11.6 Å². The van der Waals surface area contributed by atoms with Crippen LogP contribution in [0, 0.1) is 11.8 Å². The molecule has 1 N–H and O–H groups in total. The standard InChI is InChI=1S/C21H28BrN3O3/c1-21(2,3)25-13-15(12-18(25)26)20(28)24-10-8-14(9-11-24)19(27)23-17-7-5-4-6-16(17)22/h4-7,14-15H,8-13H2,1-3H3,(H,23,27). The lowest BCUT2D eigenvalue weighted by Gasteiger charge is -2.34. The van der Waals surface area contributed by atoms with E-state index in [1.165, 1.54) is 0 Å². The van der Waals surface area contributed by atoms with Crippen molar-refractivity contribution < 1.29 is 14.4 Å². The van der Waals surface area contributed by atoms with Crippen molar-refractivity contribution in [3.63, 3.8) is 0 Å². The van der Waals surface area contributed by atoms with Crippen LogP contribution >= 0.6 is 15.9 Å². The smallest absolute Gasteiger partial charge is 0.227 e. The minimum Gasteiger partial charge on any atom is -0.342 e. The lowest BCUT2D eigenvalue weighted by atomic mass is 9.94. The summed E-state index contributed by atoms with van der Waals surface area (Å²) in [6, 6.07) is 7.53. The first-order valence-electron chi connectivity index (χ1n) is 9.81. The Bertz CT molecular complexity index is 766. The summed E-state index contributed by atoms with van der Waals surface area (Å²) in [6.45, 7) is 7.59. The van der Waals surface area contributed by atoms with Crippen molar-refractivity contribution in [3.05, 3.63) is 28.7 Å². The van der Waals surface area contributed by atoms with E-state index in [0.717, 1.165) is 10.2 Å². The van der Waals surface area contributed by atoms with Gasteiger partial charge in [0.1, 0.15) is 0 Å². The van der Waals surface area contributed by atoms with E-state index in [1.54, 1.807) is 4.90 Å². The van der Waals surface area contributed by atoms with Crippen LogP contribution in [0.3, 0.4) is 0 Å². The zero-order chi connectivity index (χ0) is 20.5. The molecule has 2 fully saturated rings. The fourth-order valence-electron chi connectivity index (χ4n) is 3.94. The van der Waals surface area contributed by atoms with Gasteiger partial charge >= 0.3 is 0 Å². The van der Waals surface area contributed by atoms with E-state index in [2.05, 4.69) is 21.2 Å². The van der Waals surface area contributed by atoms with Crippen molar-refractivity contribution in [2.45, 2.75) is 45.6 Å². The number of halogens is 1. The van der Waals surface area contributed by atoms with Gasteiger partial charge in [0, 0.05) is 42.0 Å². The maximum atomic E-state index is 12.9. The minimum absolute atomic E-state index is 0.00560. The number of benzene rings is 1. The van der Waals surface area contributed by atoms with E-state index in [9.17, 15) is 14.4 Å². The van der Waals surface area contributed by atoms with Gasteiger partial charge in [-0.25, -0.2) is 0 Å². The fraction of sp³-hybridized carbons (Fsp3) is 0.571. The Balaban J connectivity index is 1.52. The van der Waals surface area contributed by atoms with E-state index in [-0.39, 0.29) is 35.1 Å². The lowest BCUT2D eigenvalue weighted by molar-refractivity contribution is -0.138. The molecule has 6 nitrogen and oxygen atoms in total. The number of hydrogen-bond acceptors (Lipinski definition) is 3. The third-order valence-corrected chi connectivity index (χ3v) is 6.28. The van der Waals surface area contributed by atoms with Crippen molar-refractivity contribution in [1.29, 1.82) is 0 Å². The van der Waals surface area contributed by atoms with Crippen LogP contribution in [-0.4, -0.2) is 52.7 Å². The van der Waals surface area contributed by atoms with Crippen molar-refractivity contribution >= 4 is 39.3 Å². The Morgan fingerprint density at radius 2 is 1.75 bits per heavy atom. The summed E-state index contributed by atoms with van der Waals surface area (Å²) in [6.07, 6.45) is 1.58. The average molecular weight is 450 g/mol. The Kier molecular flexibility index (Phi) is 6.12. The molecule has 0 bridgehead atoms. The Morgan fingerprint density at radius 1 is 1.11 bits per heavy atom. The summed E-state index contributed by atoms with van der Waals surface area (Å²) in [5, 5.41) is 2.97. The zero-order valence-electron chi connectivity index (χ0n) is 16.7. The van der Waals surface area contributed by atoms with Crippen LogP contribution in [0.15, 0.2) is 28.7 Å². The maximum Gasteiger partial charge on any atom is 0.227 e. The molecular formula is C21H28BrN3O3. The molecule has 0 spiro atoms. The highest BCUT2D eigenvalue weighted by molar-refractivity contribution is 9.10. The van der Waals surface area contributed by atoms with Gasteiger partial charge in [-0.1, -0.05) is 12.1 Å². The zero-order valence-corrected chi connectivity index (χ0v) is 18.3. The number of nitrogens with zero attached hydrogens (tertiary/aromatic N) is 2. The van der Waals surface area contributed by atoms with Crippen LogP contribution in [0.1, 0.15) is 40.0 Å². The number of carbonyl (C=O) groups excluding carboxylic acids is 3. The molecule has 2 aliphatic heterocycles. The monoisotopic (exact) mass is 449 g/mol. The van der Waals surface area contributed by atoms with Gasteiger partial charge in [-0.3, -0.25) is 14.4 Å². The summed E-state index contributed by atoms with van der Waals surface area (Å²) in [7, 11) is 0. The molecule has 28 heavy (non-hydrogen) atoms. The van der Waals surface area contributed by atoms with Crippen molar-refractivity contribution in [3.8, 4) is 0 Å². The first-order chi connectivity index (χ1) is 13.2. The first kappa shape index (κ1) is 20.8. The molecule has 152 valence electrons. The molecule has 3 amide bonds. The van der Waals surface area contributed by atoms with E-state index in [1.807, 2.05) is 49.9 Å². The van der Waals surface area contributed by atoms with Crippen molar-refractivity contribution in [2.75, 3.05) is 25.0 Å². The highest BCUT2D eigenvalue weighted by atomic mass is 79.9. The molecule has 1 aromatic carbocycles. The number of hydrogen-bond donors (Lipinski definition) is 1. The van der Waals surface area contributed by atoms with E-state index < -0.39 is 0 Å². The van der Waals surface area contributed by atoms with Crippen LogP contribution in [0.4, 0.5) is 5.69 Å². The second-order valence-electron chi connectivity index (χ2n) is 8.64. The van der Waals surface area contributed by atoms with Crippen LogP contribution in [0.2, 0.25) is 0 Å². The number of nitrogens with one attached hydrogen (secondary N) is 1. The molecule has 1 unspecified atom stereocenters. The summed E-state index contributed by atoms with van der Waals surface area (Å²) >= 11 is 3.44. The van der Waals surface area contributed by atoms with E-state index >= 15 is 0 Å². The summed E-state index contributed by atoms with van der Waals surface area (Å²) in [4.78, 5) is 41.3. The Hall–Kier alpha value is -1.89. The topological polar surface area (TPSA) is 69.7 Å². The number of rotatable bonds is 3. The molecular weight excluding hydrogens is 422 g/mol. The molecule has 0 radical (unpaired) electrons. The van der Waals surface area contributed by atoms with Crippen molar-refractivity contribution in [2.24, 2.45) is 11.8 Å². The number of piperidine rings is 1. The molecule has 3 rings (SSSR count). The minimum atomic E-state index is -0.266. The van der Waals surface area contributed by atoms with E-state index in [0.29, 0.717) is 38.9 Å². The Morgan fingerprint density at radius 3 is 2.32 bits per heavy atom. The second-order valence-corrected chi connectivity index (χ2v) is 9.50. The van der Waals surface area contributed by atoms with Crippen LogP contribution < -0.4 is 5.32 Å². The summed E-state index contributed by atoms with van der Waals surface area (Å²) in [5.74, 6) is -0.280. The van der Waals surface area contributed by atoms with Gasteiger partial charge in [0.2, 0.25) is 17.7 Å². The molecule has 2 saturated heterocycles. The third kappa shape index (κ3) is 4.57. The van der Waals surface area contributed by atoms with Crippen molar-refractivity contribution in [1.82, 2.24) is 9.80 Å². The molecule has 0 aliphatic carbocycles. The van der Waals surface area contributed by atoms with Gasteiger partial charge < -0.3 is 15.1 Å².